The highest BCUT2D eigenvalue weighted by Gasteiger charge is 2.30. The summed E-state index contributed by atoms with van der Waals surface area (Å²) in [5.74, 6) is -0.144. The summed E-state index contributed by atoms with van der Waals surface area (Å²) in [5, 5.41) is 0. The highest BCUT2D eigenvalue weighted by atomic mass is 16.5. The molecule has 1 atom stereocenters. The van der Waals surface area contributed by atoms with E-state index in [9.17, 15) is 4.79 Å². The number of carbonyl (C=O) groups excluding carboxylic acids is 1. The van der Waals surface area contributed by atoms with Crippen LogP contribution in [0, 0.1) is 11.3 Å². The van der Waals surface area contributed by atoms with Gasteiger partial charge in [-0.2, -0.15) is 0 Å². The van der Waals surface area contributed by atoms with Crippen LogP contribution in [0.2, 0.25) is 0 Å². The zero-order valence-electron chi connectivity index (χ0n) is 11.6. The second kappa shape index (κ2) is 6.18. The van der Waals surface area contributed by atoms with Crippen LogP contribution >= 0.6 is 0 Å². The van der Waals surface area contributed by atoms with Crippen molar-refractivity contribution in [3.63, 3.8) is 0 Å². The molecule has 0 radical (unpaired) electrons. The summed E-state index contributed by atoms with van der Waals surface area (Å²) in [7, 11) is 0. The Hall–Kier alpha value is -0.860. The van der Waals surface area contributed by atoms with E-state index in [1.54, 1.807) is 0 Å². The number of nitrogens with zero attached hydrogens (tertiary/aromatic N) is 1. The van der Waals surface area contributed by atoms with Gasteiger partial charge in [0.05, 0.1) is 12.5 Å². The normalized spacial score (nSPS) is 23.1. The van der Waals surface area contributed by atoms with Crippen molar-refractivity contribution in [2.75, 3.05) is 13.2 Å². The molecule has 0 bridgehead atoms. The molecule has 0 spiro atoms. The Balaban J connectivity index is 2.51. The second-order valence-electron chi connectivity index (χ2n) is 5.88. The number of hydrogen-bond donors (Lipinski definition) is 0. The maximum Gasteiger partial charge on any atom is 0.314 e. The van der Waals surface area contributed by atoms with Gasteiger partial charge in [0.1, 0.15) is 0 Å². The summed E-state index contributed by atoms with van der Waals surface area (Å²) in [6.07, 6.45) is 4.00. The van der Waals surface area contributed by atoms with Crippen LogP contribution in [0.15, 0.2) is 4.99 Å². The number of esters is 1. The average molecular weight is 239 g/mol. The van der Waals surface area contributed by atoms with Gasteiger partial charge >= 0.3 is 5.97 Å². The van der Waals surface area contributed by atoms with E-state index in [1.807, 2.05) is 6.92 Å². The Morgan fingerprint density at radius 2 is 2.18 bits per heavy atom. The summed E-state index contributed by atoms with van der Waals surface area (Å²) >= 11 is 0. The molecule has 0 heterocycles. The average Bonchev–Trinajstić information content (AvgIpc) is 2.64. The summed E-state index contributed by atoms with van der Waals surface area (Å²) < 4.78 is 5.08. The molecule has 98 valence electrons. The number of aliphatic imine (C=N–C) groups is 1. The molecule has 1 unspecified atom stereocenters. The Labute approximate surface area is 105 Å². The van der Waals surface area contributed by atoms with Gasteiger partial charge in [0.25, 0.3) is 0 Å². The van der Waals surface area contributed by atoms with E-state index >= 15 is 0 Å². The molecule has 17 heavy (non-hydrogen) atoms. The van der Waals surface area contributed by atoms with Crippen LogP contribution in [-0.2, 0) is 9.53 Å². The molecule has 1 saturated carbocycles. The first-order valence-corrected chi connectivity index (χ1v) is 6.64. The lowest BCUT2D eigenvalue weighted by atomic mass is 9.92. The lowest BCUT2D eigenvalue weighted by Crippen LogP contribution is -2.22. The van der Waals surface area contributed by atoms with Crippen LogP contribution in [0.5, 0.6) is 0 Å². The standard InChI is InChI=1S/C14H25NO2/c1-5-17-13(16)11-7-6-8-12(11)15-10-9-14(2,3)4/h11H,5-10H2,1-4H3. The smallest absolute Gasteiger partial charge is 0.314 e. The van der Waals surface area contributed by atoms with Gasteiger partial charge in [-0.1, -0.05) is 20.8 Å². The predicted octanol–water partition coefficient (Wildman–Crippen LogP) is 3.23. The van der Waals surface area contributed by atoms with Gasteiger partial charge in [-0.3, -0.25) is 9.79 Å². The van der Waals surface area contributed by atoms with Crippen molar-refractivity contribution in [2.45, 2.75) is 53.4 Å². The molecule has 3 heteroatoms. The minimum Gasteiger partial charge on any atom is -0.465 e. The SMILES string of the molecule is CCOC(=O)C1CCCC1=NCCC(C)(C)C. The van der Waals surface area contributed by atoms with Crippen LogP contribution in [0.4, 0.5) is 0 Å². The van der Waals surface area contributed by atoms with Crippen LogP contribution in [0.25, 0.3) is 0 Å². The molecule has 0 N–H and O–H groups in total. The predicted molar refractivity (Wildman–Crippen MR) is 70.3 cm³/mol. The summed E-state index contributed by atoms with van der Waals surface area (Å²) in [4.78, 5) is 16.3. The molecule has 1 rings (SSSR count). The first-order valence-electron chi connectivity index (χ1n) is 6.64. The molecule has 1 fully saturated rings. The van der Waals surface area contributed by atoms with Crippen molar-refractivity contribution in [3.05, 3.63) is 0 Å². The molecule has 3 nitrogen and oxygen atoms in total. The molecular formula is C14H25NO2. The third-order valence-corrected chi connectivity index (χ3v) is 3.08. The first-order chi connectivity index (χ1) is 7.94. The largest absolute Gasteiger partial charge is 0.465 e. The van der Waals surface area contributed by atoms with E-state index in [2.05, 4.69) is 25.8 Å². The zero-order chi connectivity index (χ0) is 12.9. The van der Waals surface area contributed by atoms with E-state index in [1.165, 1.54) is 0 Å². The Bertz CT molecular complexity index is 289. The van der Waals surface area contributed by atoms with Crippen LogP contribution in [0.1, 0.15) is 53.4 Å². The summed E-state index contributed by atoms with van der Waals surface area (Å²) in [6.45, 7) is 9.78. The Kier molecular flexibility index (Phi) is 5.16. The van der Waals surface area contributed by atoms with E-state index in [0.29, 0.717) is 12.0 Å². The molecule has 1 aliphatic rings. The van der Waals surface area contributed by atoms with Gasteiger partial charge in [0.2, 0.25) is 0 Å². The number of hydrogen-bond acceptors (Lipinski definition) is 3. The van der Waals surface area contributed by atoms with Gasteiger partial charge in [-0.25, -0.2) is 0 Å². The number of rotatable bonds is 4. The van der Waals surface area contributed by atoms with Crippen molar-refractivity contribution in [3.8, 4) is 0 Å². The van der Waals surface area contributed by atoms with Gasteiger partial charge < -0.3 is 4.74 Å². The van der Waals surface area contributed by atoms with Crippen LogP contribution in [-0.4, -0.2) is 24.8 Å². The third-order valence-electron chi connectivity index (χ3n) is 3.08. The zero-order valence-corrected chi connectivity index (χ0v) is 11.6. The number of ether oxygens (including phenoxy) is 1. The third kappa shape index (κ3) is 4.88. The highest BCUT2D eigenvalue weighted by Crippen LogP contribution is 2.25. The molecular weight excluding hydrogens is 214 g/mol. The monoisotopic (exact) mass is 239 g/mol. The molecule has 0 aromatic rings. The Morgan fingerprint density at radius 1 is 1.47 bits per heavy atom. The summed E-state index contributed by atoms with van der Waals surface area (Å²) in [6, 6.07) is 0. The fraction of sp³-hybridized carbons (Fsp3) is 0.857. The quantitative estimate of drug-likeness (QED) is 0.706. The van der Waals surface area contributed by atoms with E-state index in [0.717, 1.165) is 37.9 Å². The van der Waals surface area contributed by atoms with E-state index in [4.69, 9.17) is 4.74 Å². The Morgan fingerprint density at radius 3 is 2.76 bits per heavy atom. The first kappa shape index (κ1) is 14.2. The molecule has 0 aromatic heterocycles. The summed E-state index contributed by atoms with van der Waals surface area (Å²) in [5.41, 5.74) is 1.37. The van der Waals surface area contributed by atoms with Crippen LogP contribution < -0.4 is 0 Å². The fourth-order valence-electron chi connectivity index (χ4n) is 2.05. The minimum absolute atomic E-state index is 0.0603. The molecule has 1 aliphatic carbocycles. The van der Waals surface area contributed by atoms with Crippen molar-refractivity contribution >= 4 is 11.7 Å². The minimum atomic E-state index is -0.0838. The van der Waals surface area contributed by atoms with Crippen molar-refractivity contribution in [1.82, 2.24) is 0 Å². The maximum atomic E-state index is 11.7. The fourth-order valence-corrected chi connectivity index (χ4v) is 2.05. The van der Waals surface area contributed by atoms with Gasteiger partial charge in [0, 0.05) is 12.3 Å². The molecule has 0 saturated heterocycles. The second-order valence-corrected chi connectivity index (χ2v) is 5.88. The lowest BCUT2D eigenvalue weighted by Gasteiger charge is -2.16. The van der Waals surface area contributed by atoms with Crippen molar-refractivity contribution in [1.29, 1.82) is 0 Å². The maximum absolute atomic E-state index is 11.7. The molecule has 0 amide bonds. The van der Waals surface area contributed by atoms with E-state index in [-0.39, 0.29) is 11.9 Å². The van der Waals surface area contributed by atoms with Gasteiger partial charge in [0.15, 0.2) is 0 Å². The van der Waals surface area contributed by atoms with Crippen molar-refractivity contribution < 1.29 is 9.53 Å². The lowest BCUT2D eigenvalue weighted by molar-refractivity contribution is -0.145. The topological polar surface area (TPSA) is 38.7 Å². The molecule has 0 aromatic carbocycles. The van der Waals surface area contributed by atoms with Gasteiger partial charge in [-0.15, -0.1) is 0 Å². The van der Waals surface area contributed by atoms with E-state index < -0.39 is 0 Å². The van der Waals surface area contributed by atoms with Gasteiger partial charge in [-0.05, 0) is 38.0 Å². The molecule has 0 aliphatic heterocycles. The highest BCUT2D eigenvalue weighted by molar-refractivity contribution is 6.03. The van der Waals surface area contributed by atoms with Crippen LogP contribution in [0.3, 0.4) is 0 Å². The van der Waals surface area contributed by atoms with Crippen molar-refractivity contribution in [2.24, 2.45) is 16.3 Å². The number of carbonyl (C=O) groups is 1.